The van der Waals surface area contributed by atoms with E-state index in [1.165, 1.54) is 16.5 Å². The van der Waals surface area contributed by atoms with Gasteiger partial charge in [0.1, 0.15) is 0 Å². The zero-order chi connectivity index (χ0) is 13.9. The number of amides is 1. The first-order valence-electron chi connectivity index (χ1n) is 7.24. The highest BCUT2D eigenvalue weighted by Gasteiger charge is 2.24. The number of nitrogens with one attached hydrogen (secondary N) is 2. The van der Waals surface area contributed by atoms with Crippen molar-refractivity contribution in [3.05, 3.63) is 36.0 Å². The van der Waals surface area contributed by atoms with Gasteiger partial charge < -0.3 is 10.3 Å². The van der Waals surface area contributed by atoms with E-state index in [1.54, 1.807) is 7.05 Å². The predicted octanol–water partition coefficient (Wildman–Crippen LogP) is 2.13. The van der Waals surface area contributed by atoms with E-state index in [1.807, 2.05) is 6.20 Å². The molecule has 1 fully saturated rings. The van der Waals surface area contributed by atoms with E-state index in [9.17, 15) is 4.79 Å². The molecule has 1 amide bonds. The minimum Gasteiger partial charge on any atom is -0.361 e. The van der Waals surface area contributed by atoms with Crippen LogP contribution >= 0.6 is 0 Å². The smallest absolute Gasteiger partial charge is 0.220 e. The second-order valence-corrected chi connectivity index (χ2v) is 5.62. The van der Waals surface area contributed by atoms with Crippen LogP contribution in [0.2, 0.25) is 0 Å². The summed E-state index contributed by atoms with van der Waals surface area (Å²) in [7, 11) is 1.71. The van der Waals surface area contributed by atoms with Gasteiger partial charge in [-0.05, 0) is 36.6 Å². The van der Waals surface area contributed by atoms with E-state index in [0.717, 1.165) is 26.1 Å². The molecule has 0 spiro atoms. The van der Waals surface area contributed by atoms with Crippen molar-refractivity contribution >= 4 is 16.8 Å². The van der Waals surface area contributed by atoms with Gasteiger partial charge in [0.05, 0.1) is 0 Å². The molecular formula is C16H21N3O. The monoisotopic (exact) mass is 271 g/mol. The lowest BCUT2D eigenvalue weighted by Gasteiger charge is -2.16. The van der Waals surface area contributed by atoms with Crippen LogP contribution in [0.4, 0.5) is 0 Å². The van der Waals surface area contributed by atoms with Gasteiger partial charge in [-0.15, -0.1) is 0 Å². The number of hydrogen-bond donors (Lipinski definition) is 2. The fraction of sp³-hybridized carbons (Fsp3) is 0.438. The number of nitrogens with zero attached hydrogens (tertiary/aromatic N) is 1. The summed E-state index contributed by atoms with van der Waals surface area (Å²) in [6.45, 7) is 3.08. The van der Waals surface area contributed by atoms with Crippen molar-refractivity contribution in [3.63, 3.8) is 0 Å². The number of fused-ring (bicyclic) bond motifs is 1. The Bertz CT molecular complexity index is 605. The van der Waals surface area contributed by atoms with Crippen LogP contribution in [-0.2, 0) is 11.3 Å². The van der Waals surface area contributed by atoms with Crippen molar-refractivity contribution < 1.29 is 4.79 Å². The highest BCUT2D eigenvalue weighted by atomic mass is 16.1. The molecule has 20 heavy (non-hydrogen) atoms. The molecule has 1 aliphatic rings. The van der Waals surface area contributed by atoms with Gasteiger partial charge >= 0.3 is 0 Å². The Kier molecular flexibility index (Phi) is 3.74. The van der Waals surface area contributed by atoms with Crippen LogP contribution in [0.1, 0.15) is 18.4 Å². The Labute approximate surface area is 119 Å². The molecule has 2 aromatic rings. The summed E-state index contributed by atoms with van der Waals surface area (Å²) in [5.41, 5.74) is 2.56. The summed E-state index contributed by atoms with van der Waals surface area (Å²) in [5.74, 6) is 0.657. The lowest BCUT2D eigenvalue weighted by Crippen LogP contribution is -2.24. The summed E-state index contributed by atoms with van der Waals surface area (Å²) in [6, 6.07) is 8.55. The van der Waals surface area contributed by atoms with Gasteiger partial charge in [-0.2, -0.15) is 0 Å². The van der Waals surface area contributed by atoms with E-state index in [4.69, 9.17) is 0 Å². The number of hydrogen-bond acceptors (Lipinski definition) is 2. The number of aromatic nitrogens is 1. The third-order valence-electron chi connectivity index (χ3n) is 4.20. The summed E-state index contributed by atoms with van der Waals surface area (Å²) in [4.78, 5) is 17.1. The molecule has 2 N–H and O–H groups in total. The SMILES string of the molecule is CNC(=O)C[C@H]1CCN(Cc2cccc3[nH]ccc23)C1. The minimum atomic E-state index is 0.157. The molecule has 0 unspecified atom stereocenters. The zero-order valence-electron chi connectivity index (χ0n) is 11.9. The molecule has 0 saturated carbocycles. The fourth-order valence-corrected chi connectivity index (χ4v) is 3.12. The van der Waals surface area contributed by atoms with Crippen LogP contribution in [-0.4, -0.2) is 35.9 Å². The third-order valence-corrected chi connectivity index (χ3v) is 4.20. The lowest BCUT2D eigenvalue weighted by atomic mass is 10.0. The van der Waals surface area contributed by atoms with Crippen LogP contribution in [0, 0.1) is 5.92 Å². The van der Waals surface area contributed by atoms with E-state index in [0.29, 0.717) is 12.3 Å². The molecule has 1 aromatic heterocycles. The average Bonchev–Trinajstić information content (AvgIpc) is 3.08. The number of carbonyl (C=O) groups excluding carboxylic acids is 1. The van der Waals surface area contributed by atoms with E-state index in [2.05, 4.69) is 39.5 Å². The molecule has 1 saturated heterocycles. The van der Waals surface area contributed by atoms with Gasteiger partial charge in [0.25, 0.3) is 0 Å². The summed E-state index contributed by atoms with van der Waals surface area (Å²) < 4.78 is 0. The third kappa shape index (κ3) is 2.70. The number of H-pyrrole nitrogens is 1. The van der Waals surface area contributed by atoms with Gasteiger partial charge in [0.2, 0.25) is 5.91 Å². The van der Waals surface area contributed by atoms with Gasteiger partial charge in [0.15, 0.2) is 0 Å². The quantitative estimate of drug-likeness (QED) is 0.895. The number of rotatable bonds is 4. The van der Waals surface area contributed by atoms with Crippen molar-refractivity contribution in [2.24, 2.45) is 5.92 Å². The molecule has 0 bridgehead atoms. The number of aromatic amines is 1. The summed E-state index contributed by atoms with van der Waals surface area (Å²) in [5, 5.41) is 4.02. The minimum absolute atomic E-state index is 0.157. The zero-order valence-corrected chi connectivity index (χ0v) is 11.9. The first-order chi connectivity index (χ1) is 9.76. The molecule has 1 aromatic carbocycles. The van der Waals surface area contributed by atoms with Crippen LogP contribution in [0.25, 0.3) is 10.9 Å². The molecule has 0 radical (unpaired) electrons. The predicted molar refractivity (Wildman–Crippen MR) is 80.4 cm³/mol. The normalized spacial score (nSPS) is 19.6. The second kappa shape index (κ2) is 5.67. The molecule has 2 heterocycles. The Hall–Kier alpha value is -1.81. The highest BCUT2D eigenvalue weighted by molar-refractivity contribution is 5.82. The number of carbonyl (C=O) groups is 1. The van der Waals surface area contributed by atoms with Crippen LogP contribution in [0.3, 0.4) is 0 Å². The van der Waals surface area contributed by atoms with Crippen LogP contribution < -0.4 is 5.32 Å². The van der Waals surface area contributed by atoms with Gasteiger partial charge in [-0.25, -0.2) is 0 Å². The standard InChI is InChI=1S/C16H21N3O/c1-17-16(20)9-12-6-8-19(10-12)11-13-3-2-4-15-14(13)5-7-18-15/h2-5,7,12,18H,6,8-11H2,1H3,(H,17,20)/t12-/m1/s1. The van der Waals surface area contributed by atoms with Crippen molar-refractivity contribution in [1.29, 1.82) is 0 Å². The molecule has 3 rings (SSSR count). The molecule has 4 nitrogen and oxygen atoms in total. The number of likely N-dealkylation sites (tertiary alicyclic amines) is 1. The second-order valence-electron chi connectivity index (χ2n) is 5.62. The Morgan fingerprint density at radius 3 is 3.20 bits per heavy atom. The molecular weight excluding hydrogens is 250 g/mol. The average molecular weight is 271 g/mol. The highest BCUT2D eigenvalue weighted by Crippen LogP contribution is 2.24. The van der Waals surface area contributed by atoms with E-state index < -0.39 is 0 Å². The maximum atomic E-state index is 11.4. The van der Waals surface area contributed by atoms with Gasteiger partial charge in [-0.1, -0.05) is 12.1 Å². The van der Waals surface area contributed by atoms with Crippen molar-refractivity contribution in [2.75, 3.05) is 20.1 Å². The Balaban J connectivity index is 1.64. The van der Waals surface area contributed by atoms with Gasteiger partial charge in [-0.3, -0.25) is 9.69 Å². The summed E-state index contributed by atoms with van der Waals surface area (Å²) >= 11 is 0. The Morgan fingerprint density at radius 1 is 1.45 bits per heavy atom. The molecule has 0 aliphatic carbocycles. The summed E-state index contributed by atoms with van der Waals surface area (Å²) in [6.07, 6.45) is 3.77. The lowest BCUT2D eigenvalue weighted by molar-refractivity contribution is -0.121. The van der Waals surface area contributed by atoms with Crippen LogP contribution in [0.5, 0.6) is 0 Å². The van der Waals surface area contributed by atoms with Crippen molar-refractivity contribution in [3.8, 4) is 0 Å². The molecule has 1 atom stereocenters. The largest absolute Gasteiger partial charge is 0.361 e. The van der Waals surface area contributed by atoms with Crippen molar-refractivity contribution in [2.45, 2.75) is 19.4 Å². The maximum Gasteiger partial charge on any atom is 0.220 e. The fourth-order valence-electron chi connectivity index (χ4n) is 3.12. The molecule has 1 aliphatic heterocycles. The maximum absolute atomic E-state index is 11.4. The molecule has 4 heteroatoms. The first-order valence-corrected chi connectivity index (χ1v) is 7.24. The van der Waals surface area contributed by atoms with E-state index >= 15 is 0 Å². The van der Waals surface area contributed by atoms with E-state index in [-0.39, 0.29) is 5.91 Å². The molecule has 106 valence electrons. The Morgan fingerprint density at radius 2 is 2.35 bits per heavy atom. The van der Waals surface area contributed by atoms with Crippen molar-refractivity contribution in [1.82, 2.24) is 15.2 Å². The topological polar surface area (TPSA) is 48.1 Å². The number of benzene rings is 1. The van der Waals surface area contributed by atoms with Crippen LogP contribution in [0.15, 0.2) is 30.5 Å². The first kappa shape index (κ1) is 13.2. The van der Waals surface area contributed by atoms with Gasteiger partial charge in [0, 0.05) is 43.7 Å².